The van der Waals surface area contributed by atoms with Crippen LogP contribution < -0.4 is 0 Å². The van der Waals surface area contributed by atoms with Crippen molar-refractivity contribution in [2.45, 2.75) is 33.1 Å². The van der Waals surface area contributed by atoms with Crippen LogP contribution in [0.4, 0.5) is 0 Å². The van der Waals surface area contributed by atoms with Gasteiger partial charge in [-0.25, -0.2) is 0 Å². The Balaban J connectivity index is 0.000000637. The molecule has 0 aliphatic heterocycles. The number of allylic oxidation sites excluding steroid dienone is 4. The zero-order valence-electron chi connectivity index (χ0n) is 12.1. The summed E-state index contributed by atoms with van der Waals surface area (Å²) in [7, 11) is 0. The molecule has 0 saturated carbocycles. The topological polar surface area (TPSA) is 0 Å². The lowest BCUT2D eigenvalue weighted by Crippen LogP contribution is -1.97. The smallest absolute Gasteiger partial charge is 0.00561 e. The second kappa shape index (κ2) is 6.38. The predicted molar refractivity (Wildman–Crippen MR) is 85.6 cm³/mol. The third kappa shape index (κ3) is 3.14. The first kappa shape index (κ1) is 13.6. The summed E-state index contributed by atoms with van der Waals surface area (Å²) in [6, 6.07) is 15.3. The second-order valence-corrected chi connectivity index (χ2v) is 4.76. The van der Waals surface area contributed by atoms with Crippen LogP contribution in [-0.4, -0.2) is 0 Å². The fraction of sp³-hybridized carbons (Fsp3) is 0.263. The molecule has 0 radical (unpaired) electrons. The molecule has 0 saturated heterocycles. The number of hydrogen-bond donors (Lipinski definition) is 0. The van der Waals surface area contributed by atoms with E-state index >= 15 is 0 Å². The fourth-order valence-electron chi connectivity index (χ4n) is 2.41. The minimum Gasteiger partial charge on any atom is -0.0807 e. The molecule has 1 atom stereocenters. The van der Waals surface area contributed by atoms with Crippen LogP contribution in [-0.2, 0) is 0 Å². The van der Waals surface area contributed by atoms with Crippen molar-refractivity contribution in [3.05, 3.63) is 71.8 Å². The van der Waals surface area contributed by atoms with Crippen molar-refractivity contribution in [3.63, 3.8) is 0 Å². The van der Waals surface area contributed by atoms with E-state index in [1.807, 2.05) is 13.8 Å². The van der Waals surface area contributed by atoms with Crippen molar-refractivity contribution in [2.24, 2.45) is 0 Å². The predicted octanol–water partition coefficient (Wildman–Crippen LogP) is 5.86. The van der Waals surface area contributed by atoms with E-state index in [-0.39, 0.29) is 0 Å². The maximum atomic E-state index is 2.32. The molecule has 0 bridgehead atoms. The third-order valence-electron chi connectivity index (χ3n) is 3.49. The van der Waals surface area contributed by atoms with E-state index in [1.54, 1.807) is 0 Å². The molecule has 0 nitrogen and oxygen atoms in total. The second-order valence-electron chi connectivity index (χ2n) is 4.76. The molecule has 0 amide bonds. The Labute approximate surface area is 116 Å². The number of benzene rings is 2. The van der Waals surface area contributed by atoms with Crippen molar-refractivity contribution < 1.29 is 0 Å². The van der Waals surface area contributed by atoms with Gasteiger partial charge in [0, 0.05) is 5.92 Å². The van der Waals surface area contributed by atoms with Crippen molar-refractivity contribution in [2.75, 3.05) is 0 Å². The first-order chi connectivity index (χ1) is 9.33. The number of hydrogen-bond acceptors (Lipinski definition) is 0. The van der Waals surface area contributed by atoms with Gasteiger partial charge in [0.15, 0.2) is 0 Å². The molecular formula is C19H22. The molecule has 19 heavy (non-hydrogen) atoms. The normalized spacial score (nSPS) is 17.6. The van der Waals surface area contributed by atoms with Gasteiger partial charge in [0.25, 0.3) is 0 Å². The van der Waals surface area contributed by atoms with Crippen molar-refractivity contribution in [3.8, 4) is 0 Å². The van der Waals surface area contributed by atoms with Crippen LogP contribution in [0.25, 0.3) is 10.8 Å². The van der Waals surface area contributed by atoms with E-state index in [9.17, 15) is 0 Å². The molecule has 2 aromatic carbocycles. The molecule has 1 aliphatic carbocycles. The van der Waals surface area contributed by atoms with E-state index in [0.29, 0.717) is 5.92 Å². The molecule has 0 N–H and O–H groups in total. The molecule has 1 unspecified atom stereocenters. The molecule has 0 heteroatoms. The maximum absolute atomic E-state index is 2.32. The van der Waals surface area contributed by atoms with Crippen LogP contribution in [0.3, 0.4) is 0 Å². The summed E-state index contributed by atoms with van der Waals surface area (Å²) in [4.78, 5) is 0. The van der Waals surface area contributed by atoms with E-state index in [4.69, 9.17) is 0 Å². The van der Waals surface area contributed by atoms with E-state index < -0.39 is 0 Å². The highest BCUT2D eigenvalue weighted by atomic mass is 14.1. The number of rotatable bonds is 1. The van der Waals surface area contributed by atoms with Crippen molar-refractivity contribution in [1.29, 1.82) is 0 Å². The average molecular weight is 250 g/mol. The Bertz CT molecular complexity index is 602. The molecule has 0 fully saturated rings. The lowest BCUT2D eigenvalue weighted by atomic mass is 9.89. The van der Waals surface area contributed by atoms with Crippen LogP contribution in [0, 0.1) is 0 Å². The van der Waals surface area contributed by atoms with Gasteiger partial charge in [0.1, 0.15) is 0 Å². The van der Waals surface area contributed by atoms with Gasteiger partial charge in [-0.15, -0.1) is 0 Å². The largest absolute Gasteiger partial charge is 0.0807 e. The monoisotopic (exact) mass is 250 g/mol. The minimum absolute atomic E-state index is 0.545. The quantitative estimate of drug-likeness (QED) is 0.595. The van der Waals surface area contributed by atoms with Crippen molar-refractivity contribution >= 4 is 10.8 Å². The zero-order valence-corrected chi connectivity index (χ0v) is 12.1. The fourth-order valence-corrected chi connectivity index (χ4v) is 2.41. The van der Waals surface area contributed by atoms with Gasteiger partial charge in [0.05, 0.1) is 0 Å². The Morgan fingerprint density at radius 1 is 0.947 bits per heavy atom. The Morgan fingerprint density at radius 2 is 1.68 bits per heavy atom. The summed E-state index contributed by atoms with van der Waals surface area (Å²) in [6.45, 7) is 6.16. The van der Waals surface area contributed by atoms with Gasteiger partial charge in [-0.05, 0) is 29.7 Å². The third-order valence-corrected chi connectivity index (χ3v) is 3.49. The summed E-state index contributed by atoms with van der Waals surface area (Å²) in [5.41, 5.74) is 2.80. The summed E-state index contributed by atoms with van der Waals surface area (Å²) in [5, 5.41) is 2.66. The van der Waals surface area contributed by atoms with Crippen LogP contribution >= 0.6 is 0 Å². The zero-order chi connectivity index (χ0) is 13.7. The highest BCUT2D eigenvalue weighted by molar-refractivity contribution is 5.83. The minimum atomic E-state index is 0.545. The van der Waals surface area contributed by atoms with E-state index in [1.165, 1.54) is 21.9 Å². The van der Waals surface area contributed by atoms with E-state index in [0.717, 1.165) is 6.42 Å². The Hall–Kier alpha value is -1.82. The lowest BCUT2D eigenvalue weighted by Gasteiger charge is -2.15. The molecular weight excluding hydrogens is 228 g/mol. The Morgan fingerprint density at radius 3 is 2.37 bits per heavy atom. The first-order valence-corrected chi connectivity index (χ1v) is 7.16. The molecule has 3 rings (SSSR count). The van der Waals surface area contributed by atoms with Gasteiger partial charge >= 0.3 is 0 Å². The van der Waals surface area contributed by atoms with Crippen LogP contribution in [0.15, 0.2) is 66.3 Å². The maximum Gasteiger partial charge on any atom is 0.00561 e. The molecule has 0 heterocycles. The van der Waals surface area contributed by atoms with E-state index in [2.05, 4.69) is 67.6 Å². The molecule has 0 spiro atoms. The van der Waals surface area contributed by atoms with Gasteiger partial charge in [-0.3, -0.25) is 0 Å². The lowest BCUT2D eigenvalue weighted by molar-refractivity contribution is 0.846. The van der Waals surface area contributed by atoms with Gasteiger partial charge in [-0.2, -0.15) is 0 Å². The molecule has 98 valence electrons. The highest BCUT2D eigenvalue weighted by Gasteiger charge is 2.09. The van der Waals surface area contributed by atoms with Crippen LogP contribution in [0.1, 0.15) is 38.7 Å². The highest BCUT2D eigenvalue weighted by Crippen LogP contribution is 2.28. The molecule has 2 aromatic rings. The van der Waals surface area contributed by atoms with Crippen LogP contribution in [0.2, 0.25) is 0 Å². The average Bonchev–Trinajstić information content (AvgIpc) is 2.49. The summed E-state index contributed by atoms with van der Waals surface area (Å²) < 4.78 is 0. The summed E-state index contributed by atoms with van der Waals surface area (Å²) in [5.74, 6) is 0.545. The Kier molecular flexibility index (Phi) is 4.57. The van der Waals surface area contributed by atoms with Gasteiger partial charge in [0.2, 0.25) is 0 Å². The van der Waals surface area contributed by atoms with Crippen molar-refractivity contribution in [1.82, 2.24) is 0 Å². The van der Waals surface area contributed by atoms with Gasteiger partial charge < -0.3 is 0 Å². The molecule has 0 aromatic heterocycles. The SMILES string of the molecule is CC.CC1=CCC(c2ccc3ccccc3c2)C=C1. The summed E-state index contributed by atoms with van der Waals surface area (Å²) >= 11 is 0. The summed E-state index contributed by atoms with van der Waals surface area (Å²) in [6.07, 6.45) is 7.99. The number of fused-ring (bicyclic) bond motifs is 1. The standard InChI is InChI=1S/C17H16.C2H6/c1-13-6-8-15(9-7-13)17-11-10-14-4-2-3-5-16(14)12-17;1-2/h2-8,10-12,15H,9H2,1H3;1-2H3. The first-order valence-electron chi connectivity index (χ1n) is 7.16. The van der Waals surface area contributed by atoms with Crippen LogP contribution in [0.5, 0.6) is 0 Å². The molecule has 1 aliphatic rings. The van der Waals surface area contributed by atoms with Gasteiger partial charge in [-0.1, -0.05) is 80.1 Å².